The summed E-state index contributed by atoms with van der Waals surface area (Å²) in [6.07, 6.45) is 0.962. The van der Waals surface area contributed by atoms with Crippen LogP contribution < -0.4 is 0 Å². The minimum absolute atomic E-state index is 0.310. The number of rotatable bonds is 4. The van der Waals surface area contributed by atoms with Gasteiger partial charge in [0.25, 0.3) is 0 Å². The number of carbonyl (C=O) groups is 1. The number of carbonyl (C=O) groups excluding carboxylic acids is 1. The van der Waals surface area contributed by atoms with Gasteiger partial charge in [-0.3, -0.25) is 0 Å². The molecular weight excluding hydrogens is 274 g/mol. The molecule has 2 aromatic carbocycles. The van der Waals surface area contributed by atoms with Gasteiger partial charge in [-0.15, -0.1) is 0 Å². The first-order valence-corrected chi connectivity index (χ1v) is 7.61. The summed E-state index contributed by atoms with van der Waals surface area (Å²) in [5.74, 6) is -0.310. The second-order valence-electron chi connectivity index (χ2n) is 5.19. The van der Waals surface area contributed by atoms with Gasteiger partial charge in [0, 0.05) is 16.5 Å². The number of nitrogens with one attached hydrogen (secondary N) is 1. The van der Waals surface area contributed by atoms with E-state index in [0.717, 1.165) is 28.5 Å². The van der Waals surface area contributed by atoms with E-state index >= 15 is 0 Å². The van der Waals surface area contributed by atoms with Crippen molar-refractivity contribution in [1.29, 1.82) is 0 Å². The average Bonchev–Trinajstić information content (AvgIpc) is 2.94. The van der Waals surface area contributed by atoms with E-state index in [-0.39, 0.29) is 5.97 Å². The van der Waals surface area contributed by atoms with Crippen LogP contribution in [0.2, 0.25) is 0 Å². The lowest BCUT2D eigenvalue weighted by atomic mass is 10.00. The van der Waals surface area contributed by atoms with Crippen molar-refractivity contribution < 1.29 is 9.53 Å². The van der Waals surface area contributed by atoms with Gasteiger partial charge in [-0.25, -0.2) is 4.79 Å². The first-order valence-electron chi connectivity index (χ1n) is 7.61. The summed E-state index contributed by atoms with van der Waals surface area (Å²) < 4.78 is 5.21. The summed E-state index contributed by atoms with van der Waals surface area (Å²) in [6, 6.07) is 16.2. The second-order valence-corrected chi connectivity index (χ2v) is 5.19. The van der Waals surface area contributed by atoms with Crippen LogP contribution >= 0.6 is 0 Å². The lowest BCUT2D eigenvalue weighted by Gasteiger charge is -2.05. The molecule has 22 heavy (non-hydrogen) atoms. The quantitative estimate of drug-likeness (QED) is 0.716. The highest BCUT2D eigenvalue weighted by Gasteiger charge is 2.20. The fourth-order valence-electron chi connectivity index (χ4n) is 2.72. The largest absolute Gasteiger partial charge is 0.461 e. The SMILES string of the molecule is CCOC(=O)c1[nH]c2ccc(CC)cc2c1-c1ccccc1. The summed E-state index contributed by atoms with van der Waals surface area (Å²) in [5.41, 5.74) is 4.67. The summed E-state index contributed by atoms with van der Waals surface area (Å²) in [7, 11) is 0. The molecule has 112 valence electrons. The van der Waals surface area contributed by atoms with E-state index in [0.29, 0.717) is 12.3 Å². The molecule has 0 bridgehead atoms. The molecule has 0 amide bonds. The average molecular weight is 293 g/mol. The van der Waals surface area contributed by atoms with E-state index in [4.69, 9.17) is 4.74 Å². The maximum absolute atomic E-state index is 12.3. The smallest absolute Gasteiger partial charge is 0.355 e. The molecule has 1 N–H and O–H groups in total. The second kappa shape index (κ2) is 6.06. The molecule has 0 unspecified atom stereocenters. The standard InChI is InChI=1S/C19H19NO2/c1-3-13-10-11-16-15(12-13)17(14-8-6-5-7-9-14)18(20-16)19(21)22-4-2/h5-12,20H,3-4H2,1-2H3. The van der Waals surface area contributed by atoms with Crippen LogP contribution in [0.1, 0.15) is 29.9 Å². The van der Waals surface area contributed by atoms with Gasteiger partial charge in [-0.1, -0.05) is 43.3 Å². The number of hydrogen-bond acceptors (Lipinski definition) is 2. The Morgan fingerprint density at radius 3 is 2.55 bits per heavy atom. The Kier molecular flexibility index (Phi) is 3.96. The highest BCUT2D eigenvalue weighted by molar-refractivity contribution is 6.08. The van der Waals surface area contributed by atoms with Gasteiger partial charge in [0.05, 0.1) is 6.61 Å². The van der Waals surface area contributed by atoms with Crippen molar-refractivity contribution in [2.75, 3.05) is 6.61 Å². The summed E-state index contributed by atoms with van der Waals surface area (Å²) in [5, 5.41) is 1.06. The number of aromatic nitrogens is 1. The molecule has 1 aromatic heterocycles. The van der Waals surface area contributed by atoms with E-state index < -0.39 is 0 Å². The number of esters is 1. The van der Waals surface area contributed by atoms with Crippen molar-refractivity contribution in [3.8, 4) is 11.1 Å². The van der Waals surface area contributed by atoms with Crippen molar-refractivity contribution in [1.82, 2.24) is 4.98 Å². The predicted octanol–water partition coefficient (Wildman–Crippen LogP) is 4.57. The van der Waals surface area contributed by atoms with Crippen molar-refractivity contribution in [3.63, 3.8) is 0 Å². The van der Waals surface area contributed by atoms with Crippen LogP contribution in [0.25, 0.3) is 22.0 Å². The first-order chi connectivity index (χ1) is 10.7. The third-order valence-electron chi connectivity index (χ3n) is 3.81. The lowest BCUT2D eigenvalue weighted by Crippen LogP contribution is -2.06. The summed E-state index contributed by atoms with van der Waals surface area (Å²) >= 11 is 0. The van der Waals surface area contributed by atoms with Crippen LogP contribution in [0.15, 0.2) is 48.5 Å². The van der Waals surface area contributed by atoms with Gasteiger partial charge in [-0.05, 0) is 36.6 Å². The van der Waals surface area contributed by atoms with Crippen LogP contribution in [0.4, 0.5) is 0 Å². The van der Waals surface area contributed by atoms with E-state index in [9.17, 15) is 4.79 Å². The number of benzene rings is 2. The minimum atomic E-state index is -0.310. The van der Waals surface area contributed by atoms with E-state index in [1.807, 2.05) is 43.3 Å². The third-order valence-corrected chi connectivity index (χ3v) is 3.81. The van der Waals surface area contributed by atoms with Crippen molar-refractivity contribution in [2.45, 2.75) is 20.3 Å². The summed E-state index contributed by atoms with van der Waals surface area (Å²) in [4.78, 5) is 15.5. The van der Waals surface area contributed by atoms with Crippen LogP contribution in [0.3, 0.4) is 0 Å². The van der Waals surface area contributed by atoms with Crippen molar-refractivity contribution >= 4 is 16.9 Å². The zero-order chi connectivity index (χ0) is 15.5. The first kappa shape index (κ1) is 14.4. The molecular formula is C19H19NO2. The zero-order valence-corrected chi connectivity index (χ0v) is 12.8. The Bertz CT molecular complexity index is 803. The molecule has 3 aromatic rings. The number of hydrogen-bond donors (Lipinski definition) is 1. The van der Waals surface area contributed by atoms with Gasteiger partial charge >= 0.3 is 5.97 Å². The number of fused-ring (bicyclic) bond motifs is 1. The molecule has 0 aliphatic heterocycles. The fourth-order valence-corrected chi connectivity index (χ4v) is 2.72. The highest BCUT2D eigenvalue weighted by atomic mass is 16.5. The van der Waals surface area contributed by atoms with Crippen molar-refractivity contribution in [3.05, 3.63) is 59.8 Å². The number of H-pyrrole nitrogens is 1. The van der Waals surface area contributed by atoms with E-state index in [2.05, 4.69) is 24.0 Å². The highest BCUT2D eigenvalue weighted by Crippen LogP contribution is 2.33. The summed E-state index contributed by atoms with van der Waals surface area (Å²) in [6.45, 7) is 4.31. The molecule has 0 radical (unpaired) electrons. The molecule has 0 aliphatic rings. The Labute approximate surface area is 129 Å². The van der Waals surface area contributed by atoms with Gasteiger partial charge in [0.15, 0.2) is 0 Å². The van der Waals surface area contributed by atoms with Gasteiger partial charge < -0.3 is 9.72 Å². The number of ether oxygens (including phenoxy) is 1. The molecule has 0 saturated carbocycles. The predicted molar refractivity (Wildman–Crippen MR) is 89.1 cm³/mol. The van der Waals surface area contributed by atoms with Crippen LogP contribution in [-0.4, -0.2) is 17.6 Å². The maximum atomic E-state index is 12.3. The topological polar surface area (TPSA) is 42.1 Å². The Morgan fingerprint density at radius 2 is 1.86 bits per heavy atom. The molecule has 0 spiro atoms. The molecule has 0 saturated heterocycles. The number of aromatic amines is 1. The lowest BCUT2D eigenvalue weighted by molar-refractivity contribution is 0.0521. The Balaban J connectivity index is 2.28. The molecule has 0 atom stereocenters. The Morgan fingerprint density at radius 1 is 1.09 bits per heavy atom. The number of aryl methyl sites for hydroxylation is 1. The van der Waals surface area contributed by atoms with Crippen LogP contribution in [-0.2, 0) is 11.2 Å². The Hall–Kier alpha value is -2.55. The van der Waals surface area contributed by atoms with E-state index in [1.54, 1.807) is 0 Å². The molecule has 3 heteroatoms. The minimum Gasteiger partial charge on any atom is -0.461 e. The molecule has 0 aliphatic carbocycles. The molecule has 0 fully saturated rings. The maximum Gasteiger partial charge on any atom is 0.355 e. The van der Waals surface area contributed by atoms with Gasteiger partial charge in [0.1, 0.15) is 5.69 Å². The normalized spacial score (nSPS) is 10.8. The molecule has 1 heterocycles. The third kappa shape index (κ3) is 2.50. The fraction of sp³-hybridized carbons (Fsp3) is 0.211. The van der Waals surface area contributed by atoms with E-state index in [1.165, 1.54) is 5.56 Å². The van der Waals surface area contributed by atoms with Gasteiger partial charge in [-0.2, -0.15) is 0 Å². The van der Waals surface area contributed by atoms with Crippen LogP contribution in [0, 0.1) is 0 Å². The van der Waals surface area contributed by atoms with Crippen LogP contribution in [0.5, 0.6) is 0 Å². The molecule has 3 rings (SSSR count). The molecule has 3 nitrogen and oxygen atoms in total. The zero-order valence-electron chi connectivity index (χ0n) is 12.8. The van der Waals surface area contributed by atoms with Crippen molar-refractivity contribution in [2.24, 2.45) is 0 Å². The van der Waals surface area contributed by atoms with Gasteiger partial charge in [0.2, 0.25) is 0 Å². The monoisotopic (exact) mass is 293 g/mol.